The Morgan fingerprint density at radius 3 is 2.57 bits per heavy atom. The highest BCUT2D eigenvalue weighted by Crippen LogP contribution is 2.17. The van der Waals surface area contributed by atoms with Crippen LogP contribution in [0.3, 0.4) is 0 Å². The van der Waals surface area contributed by atoms with Crippen LogP contribution in [0.1, 0.15) is 33.6 Å². The quantitative estimate of drug-likeness (QED) is 0.645. The lowest BCUT2D eigenvalue weighted by Gasteiger charge is -2.27. The molecule has 6 heteroatoms. The lowest BCUT2D eigenvalue weighted by molar-refractivity contribution is -0.139. The molecular formula is C15H29N3O3. The Morgan fingerprint density at radius 1 is 1.19 bits per heavy atom. The fourth-order valence-corrected chi connectivity index (χ4v) is 2.53. The van der Waals surface area contributed by atoms with Crippen LogP contribution in [-0.2, 0) is 14.3 Å². The van der Waals surface area contributed by atoms with Crippen molar-refractivity contribution in [1.29, 1.82) is 0 Å². The topological polar surface area (TPSA) is 70.7 Å². The van der Waals surface area contributed by atoms with E-state index >= 15 is 0 Å². The Labute approximate surface area is 127 Å². The van der Waals surface area contributed by atoms with Crippen molar-refractivity contribution in [3.63, 3.8) is 0 Å². The van der Waals surface area contributed by atoms with Gasteiger partial charge >= 0.3 is 0 Å². The van der Waals surface area contributed by atoms with Crippen molar-refractivity contribution in [2.45, 2.75) is 39.7 Å². The minimum atomic E-state index is -0.185. The Kier molecular flexibility index (Phi) is 8.30. The van der Waals surface area contributed by atoms with Crippen molar-refractivity contribution in [2.75, 3.05) is 39.4 Å². The van der Waals surface area contributed by atoms with Crippen LogP contribution >= 0.6 is 0 Å². The van der Waals surface area contributed by atoms with Gasteiger partial charge in [0, 0.05) is 19.1 Å². The van der Waals surface area contributed by atoms with Gasteiger partial charge in [0.1, 0.15) is 0 Å². The van der Waals surface area contributed by atoms with E-state index in [0.717, 1.165) is 19.4 Å². The van der Waals surface area contributed by atoms with E-state index in [9.17, 15) is 9.59 Å². The smallest absolute Gasteiger partial charge is 0.239 e. The maximum Gasteiger partial charge on any atom is 0.239 e. The molecule has 2 N–H and O–H groups in total. The fraction of sp³-hybridized carbons (Fsp3) is 0.867. The first-order chi connectivity index (χ1) is 10.1. The summed E-state index contributed by atoms with van der Waals surface area (Å²) in [6.45, 7) is 9.24. The van der Waals surface area contributed by atoms with Gasteiger partial charge in [-0.2, -0.15) is 0 Å². The number of likely N-dealkylation sites (N-methyl/N-ethyl adjacent to an activating group) is 1. The van der Waals surface area contributed by atoms with Gasteiger partial charge in [-0.3, -0.25) is 9.59 Å². The van der Waals surface area contributed by atoms with E-state index in [2.05, 4.69) is 10.6 Å². The largest absolute Gasteiger partial charge is 0.379 e. The number of rotatable bonds is 9. The molecule has 1 rings (SSSR count). The number of hydrogen-bond acceptors (Lipinski definition) is 4. The SMILES string of the molecule is CCCNC(=O)CN(CCC)C(=O)C1COCC1NCC. The highest BCUT2D eigenvalue weighted by atomic mass is 16.5. The second kappa shape index (κ2) is 9.73. The van der Waals surface area contributed by atoms with Gasteiger partial charge in [0.2, 0.25) is 11.8 Å². The van der Waals surface area contributed by atoms with Crippen LogP contribution < -0.4 is 10.6 Å². The molecule has 1 saturated heterocycles. The summed E-state index contributed by atoms with van der Waals surface area (Å²) in [5.74, 6) is -0.250. The molecule has 21 heavy (non-hydrogen) atoms. The highest BCUT2D eigenvalue weighted by molar-refractivity contribution is 5.86. The molecule has 1 fully saturated rings. The molecule has 0 aromatic rings. The average Bonchev–Trinajstić information content (AvgIpc) is 2.92. The number of carbonyl (C=O) groups is 2. The molecule has 122 valence electrons. The van der Waals surface area contributed by atoms with Crippen LogP contribution in [0.2, 0.25) is 0 Å². The molecule has 1 aliphatic heterocycles. The van der Waals surface area contributed by atoms with Gasteiger partial charge in [-0.1, -0.05) is 20.8 Å². The fourth-order valence-electron chi connectivity index (χ4n) is 2.53. The van der Waals surface area contributed by atoms with Crippen molar-refractivity contribution in [1.82, 2.24) is 15.5 Å². The molecule has 0 spiro atoms. The first kappa shape index (κ1) is 17.9. The zero-order chi connectivity index (χ0) is 15.7. The number of nitrogens with one attached hydrogen (secondary N) is 2. The second-order valence-corrected chi connectivity index (χ2v) is 5.42. The molecule has 1 heterocycles. The van der Waals surface area contributed by atoms with Gasteiger partial charge in [0.05, 0.1) is 25.7 Å². The van der Waals surface area contributed by atoms with Crippen molar-refractivity contribution < 1.29 is 14.3 Å². The molecule has 0 aromatic heterocycles. The summed E-state index contributed by atoms with van der Waals surface area (Å²) in [5.41, 5.74) is 0. The summed E-state index contributed by atoms with van der Waals surface area (Å²) < 4.78 is 5.43. The summed E-state index contributed by atoms with van der Waals surface area (Å²) in [6.07, 6.45) is 1.73. The van der Waals surface area contributed by atoms with Gasteiger partial charge in [0.15, 0.2) is 0 Å². The predicted molar refractivity (Wildman–Crippen MR) is 81.9 cm³/mol. The average molecular weight is 299 g/mol. The number of hydrogen-bond donors (Lipinski definition) is 2. The molecule has 0 aliphatic carbocycles. The van der Waals surface area contributed by atoms with Gasteiger partial charge < -0.3 is 20.3 Å². The van der Waals surface area contributed by atoms with Crippen molar-refractivity contribution in [3.8, 4) is 0 Å². The molecule has 6 nitrogen and oxygen atoms in total. The van der Waals surface area contributed by atoms with Crippen LogP contribution in [0.15, 0.2) is 0 Å². The first-order valence-corrected chi connectivity index (χ1v) is 8.00. The molecule has 1 aliphatic rings. The molecule has 2 atom stereocenters. The Balaban J connectivity index is 2.61. The molecule has 2 unspecified atom stereocenters. The third-order valence-corrected chi connectivity index (χ3v) is 3.58. The molecule has 0 bridgehead atoms. The predicted octanol–water partition coefficient (Wildman–Crippen LogP) is 0.376. The molecule has 0 aromatic carbocycles. The van der Waals surface area contributed by atoms with Crippen LogP contribution in [-0.4, -0.2) is 62.1 Å². The van der Waals surface area contributed by atoms with Crippen molar-refractivity contribution in [2.24, 2.45) is 5.92 Å². The van der Waals surface area contributed by atoms with Gasteiger partial charge in [-0.15, -0.1) is 0 Å². The third kappa shape index (κ3) is 5.63. The molecular weight excluding hydrogens is 270 g/mol. The zero-order valence-electron chi connectivity index (χ0n) is 13.5. The van der Waals surface area contributed by atoms with Crippen molar-refractivity contribution in [3.05, 3.63) is 0 Å². The minimum Gasteiger partial charge on any atom is -0.379 e. The number of ether oxygens (including phenoxy) is 1. The first-order valence-electron chi connectivity index (χ1n) is 8.00. The summed E-state index contributed by atoms with van der Waals surface area (Å²) in [7, 11) is 0. The molecule has 2 amide bonds. The Hall–Kier alpha value is -1.14. The number of nitrogens with zero attached hydrogens (tertiary/aromatic N) is 1. The summed E-state index contributed by atoms with van der Waals surface area (Å²) >= 11 is 0. The van der Waals surface area contributed by atoms with Crippen LogP contribution in [0.4, 0.5) is 0 Å². The zero-order valence-corrected chi connectivity index (χ0v) is 13.5. The highest BCUT2D eigenvalue weighted by Gasteiger charge is 2.36. The summed E-state index contributed by atoms with van der Waals surface area (Å²) in [6, 6.07) is 0.0561. The normalized spacial score (nSPS) is 21.3. The minimum absolute atomic E-state index is 0.0203. The molecule has 0 radical (unpaired) electrons. The maximum atomic E-state index is 12.7. The van der Waals surface area contributed by atoms with E-state index < -0.39 is 0 Å². The van der Waals surface area contributed by atoms with E-state index in [0.29, 0.717) is 26.3 Å². The van der Waals surface area contributed by atoms with E-state index in [4.69, 9.17) is 4.74 Å². The van der Waals surface area contributed by atoms with Gasteiger partial charge in [-0.05, 0) is 19.4 Å². The van der Waals surface area contributed by atoms with Gasteiger partial charge in [0.25, 0.3) is 0 Å². The van der Waals surface area contributed by atoms with Crippen LogP contribution in [0.5, 0.6) is 0 Å². The standard InChI is InChI=1S/C15H29N3O3/c1-4-7-17-14(19)9-18(8-5-2)15(20)12-10-21-11-13(12)16-6-3/h12-13,16H,4-11H2,1-3H3,(H,17,19). The van der Waals surface area contributed by atoms with E-state index in [1.165, 1.54) is 0 Å². The van der Waals surface area contributed by atoms with E-state index in [-0.39, 0.29) is 30.3 Å². The number of amides is 2. The van der Waals surface area contributed by atoms with Crippen LogP contribution in [0, 0.1) is 5.92 Å². The van der Waals surface area contributed by atoms with Crippen molar-refractivity contribution >= 4 is 11.8 Å². The monoisotopic (exact) mass is 299 g/mol. The summed E-state index contributed by atoms with van der Waals surface area (Å²) in [4.78, 5) is 26.2. The van der Waals surface area contributed by atoms with E-state index in [1.54, 1.807) is 4.90 Å². The Morgan fingerprint density at radius 2 is 1.95 bits per heavy atom. The third-order valence-electron chi connectivity index (χ3n) is 3.58. The summed E-state index contributed by atoms with van der Waals surface area (Å²) in [5, 5.41) is 6.11. The lowest BCUT2D eigenvalue weighted by atomic mass is 10.0. The van der Waals surface area contributed by atoms with E-state index in [1.807, 2.05) is 20.8 Å². The lowest BCUT2D eigenvalue weighted by Crippen LogP contribution is -2.49. The maximum absolute atomic E-state index is 12.7. The second-order valence-electron chi connectivity index (χ2n) is 5.42. The van der Waals surface area contributed by atoms with Gasteiger partial charge in [-0.25, -0.2) is 0 Å². The number of carbonyl (C=O) groups excluding carboxylic acids is 2. The Bertz CT molecular complexity index is 336. The molecule has 0 saturated carbocycles. The van der Waals surface area contributed by atoms with Crippen LogP contribution in [0.25, 0.3) is 0 Å².